The van der Waals surface area contributed by atoms with E-state index < -0.39 is 0 Å². The Morgan fingerprint density at radius 3 is 2.46 bits per heavy atom. The van der Waals surface area contributed by atoms with Crippen LogP contribution in [0.1, 0.15) is 11.4 Å². The summed E-state index contributed by atoms with van der Waals surface area (Å²) in [5.74, 6) is 1.40. The summed E-state index contributed by atoms with van der Waals surface area (Å²) >= 11 is 0. The van der Waals surface area contributed by atoms with Crippen molar-refractivity contribution in [2.45, 2.75) is 6.42 Å². The normalized spacial score (nSPS) is 11.2. The highest BCUT2D eigenvalue weighted by molar-refractivity contribution is 5.86. The lowest BCUT2D eigenvalue weighted by Gasteiger charge is -2.05. The van der Waals surface area contributed by atoms with E-state index in [0.717, 1.165) is 17.1 Å². The van der Waals surface area contributed by atoms with E-state index in [1.807, 2.05) is 28.8 Å². The third-order valence-corrected chi connectivity index (χ3v) is 4.53. The second-order valence-electron chi connectivity index (χ2n) is 6.29. The summed E-state index contributed by atoms with van der Waals surface area (Å²) < 4.78 is 1.84. The summed E-state index contributed by atoms with van der Waals surface area (Å²) in [5, 5.41) is 7.14. The Kier molecular flexibility index (Phi) is 3.46. The fourth-order valence-electron chi connectivity index (χ4n) is 3.26. The first-order valence-electron chi connectivity index (χ1n) is 8.61. The van der Waals surface area contributed by atoms with Gasteiger partial charge < -0.3 is 0 Å². The molecule has 0 atom stereocenters. The average molecular weight is 336 g/mol. The van der Waals surface area contributed by atoms with Gasteiger partial charge in [0.2, 0.25) is 0 Å². The maximum absolute atomic E-state index is 4.71. The maximum Gasteiger partial charge on any atom is 0.252 e. The zero-order valence-corrected chi connectivity index (χ0v) is 14.1. The van der Waals surface area contributed by atoms with Crippen molar-refractivity contribution >= 4 is 16.6 Å². The molecule has 0 bridgehead atoms. The fraction of sp³-hybridized carbons (Fsp3) is 0.0455. The molecule has 0 aliphatic rings. The number of hydrogen-bond donors (Lipinski definition) is 0. The van der Waals surface area contributed by atoms with Gasteiger partial charge in [0.05, 0.1) is 5.69 Å². The number of rotatable bonds is 3. The van der Waals surface area contributed by atoms with Crippen LogP contribution in [0.2, 0.25) is 0 Å². The molecule has 4 heteroatoms. The van der Waals surface area contributed by atoms with Gasteiger partial charge in [0.15, 0.2) is 5.82 Å². The van der Waals surface area contributed by atoms with Gasteiger partial charge in [-0.2, -0.15) is 9.50 Å². The molecule has 124 valence electrons. The van der Waals surface area contributed by atoms with Gasteiger partial charge in [0.25, 0.3) is 5.78 Å². The maximum atomic E-state index is 4.71. The molecule has 0 aliphatic heterocycles. The largest absolute Gasteiger partial charge is 0.252 e. The quantitative estimate of drug-likeness (QED) is 0.486. The van der Waals surface area contributed by atoms with E-state index in [2.05, 4.69) is 64.6 Å². The Hall–Kier alpha value is -3.53. The van der Waals surface area contributed by atoms with Crippen LogP contribution >= 0.6 is 0 Å². The number of aromatic nitrogens is 4. The lowest BCUT2D eigenvalue weighted by atomic mass is 10.1. The second-order valence-corrected chi connectivity index (χ2v) is 6.29. The van der Waals surface area contributed by atoms with Crippen LogP contribution in [0.5, 0.6) is 0 Å². The third-order valence-electron chi connectivity index (χ3n) is 4.53. The zero-order chi connectivity index (χ0) is 17.3. The molecular formula is C22H16N4. The van der Waals surface area contributed by atoms with Gasteiger partial charge in [-0.15, -0.1) is 5.10 Å². The average Bonchev–Trinajstić information content (AvgIpc) is 3.11. The van der Waals surface area contributed by atoms with Gasteiger partial charge in [-0.3, -0.25) is 0 Å². The minimum Gasteiger partial charge on any atom is -0.220 e. The number of benzene rings is 3. The van der Waals surface area contributed by atoms with Gasteiger partial charge in [-0.25, -0.2) is 4.98 Å². The molecule has 0 spiro atoms. The van der Waals surface area contributed by atoms with Crippen LogP contribution in [-0.4, -0.2) is 19.6 Å². The Morgan fingerprint density at radius 2 is 1.58 bits per heavy atom. The topological polar surface area (TPSA) is 43.1 Å². The molecule has 0 aliphatic carbocycles. The van der Waals surface area contributed by atoms with Gasteiger partial charge in [0.1, 0.15) is 0 Å². The van der Waals surface area contributed by atoms with E-state index in [1.54, 1.807) is 6.20 Å². The molecule has 2 aromatic heterocycles. The standard InChI is InChI=1S/C22H16N4/c1-2-6-16(7-3-1)14-21-24-22-23-13-12-20(26(22)25-21)19-11-10-17-8-4-5-9-18(17)15-19/h1-13,15H,14H2. The highest BCUT2D eigenvalue weighted by atomic mass is 15.3. The van der Waals surface area contributed by atoms with Crippen molar-refractivity contribution in [3.05, 3.63) is 96.4 Å². The number of nitrogens with zero attached hydrogens (tertiary/aromatic N) is 4. The van der Waals surface area contributed by atoms with Crippen LogP contribution in [0.25, 0.3) is 27.8 Å². The zero-order valence-electron chi connectivity index (χ0n) is 14.1. The first kappa shape index (κ1) is 14.8. The van der Waals surface area contributed by atoms with Crippen LogP contribution < -0.4 is 0 Å². The molecule has 0 amide bonds. The van der Waals surface area contributed by atoms with Crippen LogP contribution in [-0.2, 0) is 6.42 Å². The molecule has 0 saturated heterocycles. The molecule has 0 radical (unpaired) electrons. The molecule has 0 fully saturated rings. The fourth-order valence-corrected chi connectivity index (χ4v) is 3.26. The van der Waals surface area contributed by atoms with Crippen LogP contribution in [0.4, 0.5) is 0 Å². The van der Waals surface area contributed by atoms with Crippen LogP contribution in [0.15, 0.2) is 85.1 Å². The highest BCUT2D eigenvalue weighted by Crippen LogP contribution is 2.24. The molecular weight excluding hydrogens is 320 g/mol. The molecule has 0 N–H and O–H groups in total. The van der Waals surface area contributed by atoms with Crippen LogP contribution in [0.3, 0.4) is 0 Å². The van der Waals surface area contributed by atoms with E-state index in [4.69, 9.17) is 5.10 Å². The predicted molar refractivity (Wildman–Crippen MR) is 103 cm³/mol. The number of fused-ring (bicyclic) bond motifs is 2. The van der Waals surface area contributed by atoms with Crippen molar-refractivity contribution < 1.29 is 0 Å². The summed E-state index contributed by atoms with van der Waals surface area (Å²) in [4.78, 5) is 8.98. The van der Waals surface area contributed by atoms with Crippen LogP contribution in [0, 0.1) is 0 Å². The molecule has 0 unspecified atom stereocenters. The van der Waals surface area contributed by atoms with Gasteiger partial charge in [0, 0.05) is 18.2 Å². The molecule has 3 aromatic carbocycles. The van der Waals surface area contributed by atoms with E-state index in [9.17, 15) is 0 Å². The Bertz CT molecular complexity index is 1210. The monoisotopic (exact) mass is 336 g/mol. The molecule has 26 heavy (non-hydrogen) atoms. The SMILES string of the molecule is c1ccc(Cc2nc3nccc(-c4ccc5ccccc5c4)n3n2)cc1. The van der Waals surface area contributed by atoms with Gasteiger partial charge in [-0.1, -0.05) is 66.7 Å². The third kappa shape index (κ3) is 2.62. The van der Waals surface area contributed by atoms with E-state index in [1.165, 1.54) is 16.3 Å². The van der Waals surface area contributed by atoms with Crippen molar-refractivity contribution in [3.8, 4) is 11.3 Å². The van der Waals surface area contributed by atoms with Crippen molar-refractivity contribution in [2.75, 3.05) is 0 Å². The van der Waals surface area contributed by atoms with E-state index >= 15 is 0 Å². The molecule has 4 nitrogen and oxygen atoms in total. The Labute approximate surface area is 150 Å². The van der Waals surface area contributed by atoms with Gasteiger partial charge >= 0.3 is 0 Å². The minimum atomic E-state index is 0.626. The molecule has 5 rings (SSSR count). The summed E-state index contributed by atoms with van der Waals surface area (Å²) in [6.07, 6.45) is 2.49. The summed E-state index contributed by atoms with van der Waals surface area (Å²) in [5.41, 5.74) is 3.29. The van der Waals surface area contributed by atoms with Gasteiger partial charge in [-0.05, 0) is 28.5 Å². The molecule has 5 aromatic rings. The first-order valence-corrected chi connectivity index (χ1v) is 8.61. The summed E-state index contributed by atoms with van der Waals surface area (Å²) in [7, 11) is 0. The summed E-state index contributed by atoms with van der Waals surface area (Å²) in [6.45, 7) is 0. The second kappa shape index (κ2) is 6.08. The predicted octanol–water partition coefficient (Wildman–Crippen LogP) is 4.54. The lowest BCUT2D eigenvalue weighted by Crippen LogP contribution is -1.96. The number of hydrogen-bond acceptors (Lipinski definition) is 3. The molecule has 0 saturated carbocycles. The van der Waals surface area contributed by atoms with Crippen molar-refractivity contribution in [1.82, 2.24) is 19.6 Å². The Balaban J connectivity index is 1.61. The minimum absolute atomic E-state index is 0.626. The van der Waals surface area contributed by atoms with Crippen molar-refractivity contribution in [1.29, 1.82) is 0 Å². The first-order chi connectivity index (χ1) is 12.9. The molecule has 2 heterocycles. The van der Waals surface area contributed by atoms with E-state index in [0.29, 0.717) is 12.2 Å². The van der Waals surface area contributed by atoms with Crippen molar-refractivity contribution in [2.24, 2.45) is 0 Å². The summed E-state index contributed by atoms with van der Waals surface area (Å²) in [6, 6.07) is 27.0. The Morgan fingerprint density at radius 1 is 0.769 bits per heavy atom. The highest BCUT2D eigenvalue weighted by Gasteiger charge is 2.11. The lowest BCUT2D eigenvalue weighted by molar-refractivity contribution is 0.898. The smallest absolute Gasteiger partial charge is 0.220 e. The van der Waals surface area contributed by atoms with Crippen molar-refractivity contribution in [3.63, 3.8) is 0 Å². The van der Waals surface area contributed by atoms with E-state index in [-0.39, 0.29) is 0 Å².